The summed E-state index contributed by atoms with van der Waals surface area (Å²) in [6, 6.07) is 4.43. The number of amides is 11. The number of rotatable bonds is 27. The number of carboxylic acid groups (broad SMARTS) is 1. The van der Waals surface area contributed by atoms with E-state index in [0.717, 1.165) is 6.92 Å². The first-order valence-corrected chi connectivity index (χ1v) is 23.4. The summed E-state index contributed by atoms with van der Waals surface area (Å²) in [7, 11) is 0. The van der Waals surface area contributed by atoms with E-state index in [9.17, 15) is 57.8 Å². The summed E-state index contributed by atoms with van der Waals surface area (Å²) in [5.41, 5.74) is 22.8. The number of carbonyl (C=O) groups is 12. The Balaban J connectivity index is 0.00000427. The van der Waals surface area contributed by atoms with Crippen LogP contribution in [0, 0.1) is 0 Å². The van der Waals surface area contributed by atoms with E-state index < -0.39 is 146 Å². The Labute approximate surface area is 424 Å². The lowest BCUT2D eigenvalue weighted by atomic mass is 10.0. The highest BCUT2D eigenvalue weighted by molar-refractivity contribution is 7.80. The number of phenolic OH excluding ortho intramolecular Hbond substituents is 1. The molecule has 3 rings (SSSR count). The van der Waals surface area contributed by atoms with Crippen molar-refractivity contribution in [3.05, 3.63) is 65.7 Å². The third-order valence-corrected chi connectivity index (χ3v) is 11.1. The number of carboxylic acids is 1. The Hall–Kier alpha value is -7.46. The van der Waals surface area contributed by atoms with Crippen LogP contribution in [0.3, 0.4) is 0 Å². The normalized spacial score (nSPS) is 15.2. The molecule has 0 aliphatic carbocycles. The van der Waals surface area contributed by atoms with Crippen LogP contribution in [-0.2, 0) is 70.4 Å². The Morgan fingerprint density at radius 2 is 1.14 bits per heavy atom. The van der Waals surface area contributed by atoms with Crippen molar-refractivity contribution in [3.8, 4) is 5.75 Å². The van der Waals surface area contributed by atoms with Crippen LogP contribution in [0.5, 0.6) is 5.75 Å². The molecule has 1 aliphatic heterocycles. The van der Waals surface area contributed by atoms with Gasteiger partial charge in [0, 0.05) is 44.2 Å². The second kappa shape index (κ2) is 31.0. The van der Waals surface area contributed by atoms with Crippen molar-refractivity contribution < 1.29 is 67.7 Å². The molecule has 0 bridgehead atoms. The molecule has 1 saturated heterocycles. The van der Waals surface area contributed by atoms with Gasteiger partial charge < -0.3 is 75.3 Å². The van der Waals surface area contributed by atoms with Gasteiger partial charge in [0.2, 0.25) is 65.0 Å². The quantitative estimate of drug-likeness (QED) is 0.0372. The summed E-state index contributed by atoms with van der Waals surface area (Å²) < 4.78 is 0. The van der Waals surface area contributed by atoms with E-state index >= 15 is 0 Å². The number of phenols is 1. The summed E-state index contributed by atoms with van der Waals surface area (Å²) in [6.07, 6.45) is -1.41. The highest BCUT2D eigenvalue weighted by Crippen LogP contribution is 2.19. The summed E-state index contributed by atoms with van der Waals surface area (Å²) >= 11 is 8.25. The average Bonchev–Trinajstić information content (AvgIpc) is 3.82. The molecular weight excluding hydrogens is 985 g/mol. The fourth-order valence-corrected chi connectivity index (χ4v) is 7.19. The minimum absolute atomic E-state index is 0.0508. The Kier molecular flexibility index (Phi) is 26.1. The van der Waals surface area contributed by atoms with Crippen LogP contribution >= 0.6 is 25.3 Å². The van der Waals surface area contributed by atoms with Crippen molar-refractivity contribution in [2.24, 2.45) is 22.9 Å². The van der Waals surface area contributed by atoms with Gasteiger partial charge in [-0.2, -0.15) is 25.3 Å². The number of aromatic hydroxyl groups is 1. The van der Waals surface area contributed by atoms with Gasteiger partial charge in [0.1, 0.15) is 42.0 Å². The zero-order valence-electron chi connectivity index (χ0n) is 39.2. The number of nitrogens with one attached hydrogen (secondary N) is 7. The molecule has 2 aromatic rings. The van der Waals surface area contributed by atoms with E-state index in [1.165, 1.54) is 29.2 Å². The van der Waals surface area contributed by atoms with Crippen LogP contribution < -0.4 is 60.2 Å². The average molecular weight is 1050 g/mol. The van der Waals surface area contributed by atoms with Gasteiger partial charge in [-0.3, -0.25) is 57.5 Å². The van der Waals surface area contributed by atoms with E-state index in [0.29, 0.717) is 17.5 Å². The van der Waals surface area contributed by atoms with Gasteiger partial charge in [-0.25, -0.2) is 0 Å². The minimum Gasteiger partial charge on any atom is -0.508 e. The van der Waals surface area contributed by atoms with Crippen LogP contribution in [0.15, 0.2) is 54.6 Å². The lowest BCUT2D eigenvalue weighted by Gasteiger charge is -2.29. The molecule has 1 fully saturated rings. The number of thiol groups is 2. The van der Waals surface area contributed by atoms with Crippen molar-refractivity contribution in [2.45, 2.75) is 94.2 Å². The van der Waals surface area contributed by atoms with E-state index in [1.807, 2.05) is 0 Å². The minimum atomic E-state index is -1.77. The lowest BCUT2D eigenvalue weighted by molar-refractivity contribution is -0.141. The van der Waals surface area contributed by atoms with Gasteiger partial charge in [0.15, 0.2) is 0 Å². The second-order valence-electron chi connectivity index (χ2n) is 16.2. The SMILES string of the molecule is CC(=O)O.NC(=O)CC[C@H](NC(=O)[C@H](Cc1ccccc1)NC(=O)[C@H](Cc1ccc(O)cc1)NC(=O)[C@@H](N)CS)C(=O)N[C@@H](CC(N)=O)C(=O)N[C@@H](CS)C(=O)N1CCC[C@H]1C(=O)NCC(=O)NCC(N)=O. The van der Waals surface area contributed by atoms with Crippen molar-refractivity contribution in [1.29, 1.82) is 0 Å². The number of carbonyl (C=O) groups excluding carboxylic acids is 11. The number of hydrogen-bond acceptors (Lipinski definition) is 16. The molecule has 26 nitrogen and oxygen atoms in total. The van der Waals surface area contributed by atoms with Crippen LogP contribution in [0.25, 0.3) is 0 Å². The summed E-state index contributed by atoms with van der Waals surface area (Å²) in [5, 5.41) is 34.2. The van der Waals surface area contributed by atoms with Crippen LogP contribution in [0.4, 0.5) is 0 Å². The molecular formula is C44H62N12O14S2. The lowest BCUT2D eigenvalue weighted by Crippen LogP contribution is -2.61. The summed E-state index contributed by atoms with van der Waals surface area (Å²) in [4.78, 5) is 153. The van der Waals surface area contributed by atoms with Crippen LogP contribution in [-0.4, -0.2) is 159 Å². The fourth-order valence-electron chi connectivity index (χ4n) is 6.77. The number of likely N-dealkylation sites (tertiary alicyclic amines) is 1. The highest BCUT2D eigenvalue weighted by Gasteiger charge is 2.39. The predicted octanol–water partition coefficient (Wildman–Crippen LogP) is -5.27. The first kappa shape index (κ1) is 60.7. The van der Waals surface area contributed by atoms with Gasteiger partial charge in [-0.1, -0.05) is 42.5 Å². The Morgan fingerprint density at radius 1 is 0.639 bits per heavy atom. The molecule has 0 radical (unpaired) electrons. The zero-order chi connectivity index (χ0) is 54.1. The van der Waals surface area contributed by atoms with Gasteiger partial charge in [0.25, 0.3) is 5.97 Å². The molecule has 1 aliphatic rings. The maximum Gasteiger partial charge on any atom is 0.300 e. The number of hydrogen-bond donors (Lipinski definition) is 15. The molecule has 2 aromatic carbocycles. The summed E-state index contributed by atoms with van der Waals surface area (Å²) in [6.45, 7) is 0.184. The molecule has 17 N–H and O–H groups in total. The van der Waals surface area contributed by atoms with E-state index in [1.54, 1.807) is 30.3 Å². The smallest absolute Gasteiger partial charge is 0.300 e. The molecule has 7 atom stereocenters. The summed E-state index contributed by atoms with van der Waals surface area (Å²) in [5.74, 6) is -10.9. The fraction of sp³-hybridized carbons (Fsp3) is 0.455. The van der Waals surface area contributed by atoms with Crippen molar-refractivity contribution in [3.63, 3.8) is 0 Å². The van der Waals surface area contributed by atoms with Gasteiger partial charge in [0.05, 0.1) is 25.6 Å². The van der Waals surface area contributed by atoms with Gasteiger partial charge in [-0.05, 0) is 42.5 Å². The Bertz CT molecular complexity index is 2260. The third-order valence-electron chi connectivity index (χ3n) is 10.3. The molecule has 28 heteroatoms. The van der Waals surface area contributed by atoms with Gasteiger partial charge >= 0.3 is 0 Å². The van der Waals surface area contributed by atoms with Crippen molar-refractivity contribution >= 4 is 96.2 Å². The van der Waals surface area contributed by atoms with Crippen molar-refractivity contribution in [1.82, 2.24) is 42.1 Å². The van der Waals surface area contributed by atoms with Crippen molar-refractivity contribution in [2.75, 3.05) is 31.1 Å². The highest BCUT2D eigenvalue weighted by atomic mass is 32.1. The number of aliphatic carboxylic acids is 1. The molecule has 394 valence electrons. The zero-order valence-corrected chi connectivity index (χ0v) is 41.0. The largest absolute Gasteiger partial charge is 0.508 e. The first-order chi connectivity index (χ1) is 33.9. The third kappa shape index (κ3) is 22.1. The molecule has 1 heterocycles. The molecule has 0 unspecified atom stereocenters. The number of nitrogens with zero attached hydrogens (tertiary/aromatic N) is 1. The maximum absolute atomic E-state index is 14.2. The molecule has 0 aromatic heterocycles. The molecule has 0 spiro atoms. The van der Waals surface area contributed by atoms with Gasteiger partial charge in [-0.15, -0.1) is 0 Å². The van der Waals surface area contributed by atoms with Crippen LogP contribution in [0.2, 0.25) is 0 Å². The molecule has 72 heavy (non-hydrogen) atoms. The predicted molar refractivity (Wildman–Crippen MR) is 263 cm³/mol. The molecule has 0 saturated carbocycles. The maximum atomic E-state index is 14.2. The van der Waals surface area contributed by atoms with Crippen LogP contribution in [0.1, 0.15) is 50.2 Å². The standard InChI is InChI=1S/C42H58N12O12S2.C2H4O2/c43-25(20-67)36(60)50-27(16-23-8-10-24(55)11-9-23)39(63)51-28(15-22-5-2-1-3-6-22)38(62)49-26(12-13-32(44)56)37(61)52-29(17-33(45)57)40(64)53-30(21-68)42(66)54-14-4-7-31(54)41(65)48-19-35(59)47-18-34(46)58;1-2(3)4/h1-3,5-6,8-11,25-31,55,67-68H,4,7,12-21,43H2,(H2,44,56)(H2,45,57)(H2,46,58)(H,47,59)(H,48,65)(H,49,62)(H,50,60)(H,51,63)(H,52,61)(H,53,64);1H3,(H,3,4)/t25-,26-,27-,28-,29-,30-,31-;/m0./s1. The first-order valence-electron chi connectivity index (χ1n) is 22.2. The van der Waals surface area contributed by atoms with E-state index in [2.05, 4.69) is 62.5 Å². The topological polar surface area (TPSA) is 437 Å². The van der Waals surface area contributed by atoms with E-state index in [-0.39, 0.29) is 43.1 Å². The Morgan fingerprint density at radius 3 is 1.67 bits per heavy atom. The monoisotopic (exact) mass is 1050 g/mol. The molecule has 11 amide bonds. The second-order valence-corrected chi connectivity index (χ2v) is 16.9. The number of primary amides is 3. The number of nitrogens with two attached hydrogens (primary N) is 4. The van der Waals surface area contributed by atoms with E-state index in [4.69, 9.17) is 32.8 Å². The number of benzene rings is 2.